The number of carbonyl (C=O) groups excluding carboxylic acids is 2. The minimum absolute atomic E-state index is 0.00867. The summed E-state index contributed by atoms with van der Waals surface area (Å²) in [5.74, 6) is -0.749. The topological polar surface area (TPSA) is 98.4 Å². The molecule has 2 amide bonds. The highest BCUT2D eigenvalue weighted by Crippen LogP contribution is 2.21. The minimum Gasteiger partial charge on any atom is -0.339 e. The number of piperazine rings is 1. The molecule has 0 unspecified atom stereocenters. The Morgan fingerprint density at radius 3 is 2.40 bits per heavy atom. The first kappa shape index (κ1) is 23.2. The van der Waals surface area contributed by atoms with Gasteiger partial charge in [0.15, 0.2) is 0 Å². The lowest BCUT2D eigenvalue weighted by molar-refractivity contribution is -0.137. The highest BCUT2D eigenvalue weighted by molar-refractivity contribution is 5.95. The maximum Gasteiger partial charge on any atom is 0.272 e. The summed E-state index contributed by atoms with van der Waals surface area (Å²) in [6.07, 6.45) is 2.03. The van der Waals surface area contributed by atoms with E-state index in [1.54, 1.807) is 29.2 Å². The van der Waals surface area contributed by atoms with Gasteiger partial charge in [-0.25, -0.2) is 9.49 Å². The van der Waals surface area contributed by atoms with Crippen LogP contribution < -0.4 is 10.9 Å². The van der Waals surface area contributed by atoms with Crippen molar-refractivity contribution in [3.8, 4) is 0 Å². The molecule has 0 aliphatic carbocycles. The van der Waals surface area contributed by atoms with Gasteiger partial charge in [0.05, 0.1) is 16.6 Å². The lowest BCUT2D eigenvalue weighted by Crippen LogP contribution is -2.52. The molecular weight excluding hydrogens is 449 g/mol. The molecule has 0 radical (unpaired) electrons. The number of rotatable bonds is 4. The summed E-state index contributed by atoms with van der Waals surface area (Å²) in [4.78, 5) is 41.5. The van der Waals surface area contributed by atoms with Gasteiger partial charge in [-0.15, -0.1) is 0 Å². The van der Waals surface area contributed by atoms with E-state index in [9.17, 15) is 18.8 Å². The maximum atomic E-state index is 14.7. The third-order valence-electron chi connectivity index (χ3n) is 6.97. The van der Waals surface area contributed by atoms with E-state index in [1.807, 2.05) is 17.0 Å². The van der Waals surface area contributed by atoms with Crippen molar-refractivity contribution in [1.82, 2.24) is 25.3 Å². The summed E-state index contributed by atoms with van der Waals surface area (Å²) in [5, 5.41) is 11.2. The Morgan fingerprint density at radius 2 is 1.66 bits per heavy atom. The van der Waals surface area contributed by atoms with E-state index in [0.29, 0.717) is 43.7 Å². The lowest BCUT2D eigenvalue weighted by Gasteiger charge is -2.37. The SMILES string of the molecule is O=C(c1cc(Cc2n[nH]c(=O)c3ccccc23)ccc1F)N1CCN(C(=O)C2CCNCC2)CC1. The standard InChI is InChI=1S/C26H28FN5O3/c27-22-6-5-17(16-23-19-3-1-2-4-20(19)24(33)30-29-23)15-21(22)26(35)32-13-11-31(12-14-32)25(34)18-7-9-28-10-8-18/h1-6,15,18,28H,7-14,16H2,(H,30,33). The summed E-state index contributed by atoms with van der Waals surface area (Å²) in [6.45, 7) is 3.40. The summed E-state index contributed by atoms with van der Waals surface area (Å²) in [7, 11) is 0. The van der Waals surface area contributed by atoms with Crippen molar-refractivity contribution in [1.29, 1.82) is 0 Å². The summed E-state index contributed by atoms with van der Waals surface area (Å²) in [5.41, 5.74) is 1.11. The average Bonchev–Trinajstić information content (AvgIpc) is 2.91. The Labute approximate surface area is 202 Å². The second-order valence-electron chi connectivity index (χ2n) is 9.18. The molecule has 3 aromatic rings. The molecule has 182 valence electrons. The number of aromatic amines is 1. The van der Waals surface area contributed by atoms with Gasteiger partial charge in [0.2, 0.25) is 5.91 Å². The van der Waals surface area contributed by atoms with Gasteiger partial charge in [0, 0.05) is 43.9 Å². The lowest BCUT2D eigenvalue weighted by atomic mass is 9.96. The van der Waals surface area contributed by atoms with Crippen LogP contribution >= 0.6 is 0 Å². The highest BCUT2D eigenvalue weighted by atomic mass is 19.1. The molecule has 0 atom stereocenters. The third-order valence-corrected chi connectivity index (χ3v) is 6.97. The molecule has 0 bridgehead atoms. The second-order valence-corrected chi connectivity index (χ2v) is 9.18. The van der Waals surface area contributed by atoms with E-state index in [0.717, 1.165) is 36.9 Å². The quantitative estimate of drug-likeness (QED) is 0.599. The molecule has 9 heteroatoms. The van der Waals surface area contributed by atoms with Crippen LogP contribution in [-0.2, 0) is 11.2 Å². The Hall–Kier alpha value is -3.59. The van der Waals surface area contributed by atoms with E-state index < -0.39 is 5.82 Å². The summed E-state index contributed by atoms with van der Waals surface area (Å²) < 4.78 is 14.7. The van der Waals surface area contributed by atoms with Crippen molar-refractivity contribution in [3.05, 3.63) is 75.5 Å². The number of hydrogen-bond acceptors (Lipinski definition) is 5. The Kier molecular flexibility index (Phi) is 6.59. The highest BCUT2D eigenvalue weighted by Gasteiger charge is 2.30. The molecule has 35 heavy (non-hydrogen) atoms. The number of hydrogen-bond donors (Lipinski definition) is 2. The number of carbonyl (C=O) groups is 2. The zero-order chi connectivity index (χ0) is 24.4. The number of benzene rings is 2. The molecule has 1 aromatic heterocycles. The molecule has 0 saturated carbocycles. The molecule has 2 aromatic carbocycles. The number of nitrogens with zero attached hydrogens (tertiary/aromatic N) is 3. The third kappa shape index (κ3) is 4.81. The zero-order valence-electron chi connectivity index (χ0n) is 19.4. The summed E-state index contributed by atoms with van der Waals surface area (Å²) in [6, 6.07) is 11.7. The van der Waals surface area contributed by atoms with Gasteiger partial charge in [-0.2, -0.15) is 5.10 Å². The second kappa shape index (κ2) is 9.95. The van der Waals surface area contributed by atoms with Gasteiger partial charge >= 0.3 is 0 Å². The number of piperidine rings is 1. The van der Waals surface area contributed by atoms with Crippen molar-refractivity contribution < 1.29 is 14.0 Å². The number of nitrogens with one attached hydrogen (secondary N) is 2. The zero-order valence-corrected chi connectivity index (χ0v) is 19.4. The number of H-pyrrole nitrogens is 1. The maximum absolute atomic E-state index is 14.7. The van der Waals surface area contributed by atoms with Crippen LogP contribution in [-0.4, -0.2) is 71.1 Å². The van der Waals surface area contributed by atoms with E-state index in [4.69, 9.17) is 0 Å². The number of aromatic nitrogens is 2. The van der Waals surface area contributed by atoms with Crippen molar-refractivity contribution in [2.45, 2.75) is 19.3 Å². The molecule has 2 aliphatic rings. The minimum atomic E-state index is -0.578. The fourth-order valence-electron chi connectivity index (χ4n) is 4.97. The molecule has 0 spiro atoms. The Morgan fingerprint density at radius 1 is 0.971 bits per heavy atom. The van der Waals surface area contributed by atoms with Gasteiger partial charge in [-0.1, -0.05) is 24.3 Å². The van der Waals surface area contributed by atoms with Gasteiger partial charge in [0.25, 0.3) is 11.5 Å². The van der Waals surface area contributed by atoms with E-state index in [2.05, 4.69) is 15.5 Å². The Balaban J connectivity index is 1.29. The van der Waals surface area contributed by atoms with Crippen LogP contribution in [0.25, 0.3) is 10.8 Å². The van der Waals surface area contributed by atoms with E-state index in [1.165, 1.54) is 6.07 Å². The largest absolute Gasteiger partial charge is 0.339 e. The van der Waals surface area contributed by atoms with Gasteiger partial charge in [-0.3, -0.25) is 14.4 Å². The fraction of sp³-hybridized carbons (Fsp3) is 0.385. The molecule has 5 rings (SSSR count). The van der Waals surface area contributed by atoms with Crippen LogP contribution in [0.4, 0.5) is 4.39 Å². The Bertz CT molecular complexity index is 1310. The van der Waals surface area contributed by atoms with Gasteiger partial charge < -0.3 is 15.1 Å². The predicted molar refractivity (Wildman–Crippen MR) is 130 cm³/mol. The fourth-order valence-corrected chi connectivity index (χ4v) is 4.97. The summed E-state index contributed by atoms with van der Waals surface area (Å²) >= 11 is 0. The van der Waals surface area contributed by atoms with Crippen LogP contribution in [0.3, 0.4) is 0 Å². The molecule has 2 N–H and O–H groups in total. The molecule has 2 saturated heterocycles. The molecule has 2 aliphatic heterocycles. The monoisotopic (exact) mass is 477 g/mol. The van der Waals surface area contributed by atoms with Gasteiger partial charge in [0.1, 0.15) is 5.82 Å². The molecule has 2 fully saturated rings. The first-order valence-corrected chi connectivity index (χ1v) is 12.0. The van der Waals surface area contributed by atoms with Crippen LogP contribution in [0, 0.1) is 11.7 Å². The molecule has 3 heterocycles. The molecule has 8 nitrogen and oxygen atoms in total. The number of halogens is 1. The molecular formula is C26H28FN5O3. The van der Waals surface area contributed by atoms with Gasteiger partial charge in [-0.05, 0) is 49.7 Å². The predicted octanol–water partition coefficient (Wildman–Crippen LogP) is 1.94. The first-order chi connectivity index (χ1) is 17.0. The first-order valence-electron chi connectivity index (χ1n) is 12.0. The van der Waals surface area contributed by atoms with Crippen molar-refractivity contribution in [2.24, 2.45) is 5.92 Å². The van der Waals surface area contributed by atoms with Crippen LogP contribution in [0.2, 0.25) is 0 Å². The van der Waals surface area contributed by atoms with E-state index in [-0.39, 0.29) is 28.9 Å². The number of amides is 2. The van der Waals surface area contributed by atoms with Crippen molar-refractivity contribution >= 4 is 22.6 Å². The average molecular weight is 478 g/mol. The van der Waals surface area contributed by atoms with Crippen LogP contribution in [0.1, 0.15) is 34.5 Å². The van der Waals surface area contributed by atoms with Crippen molar-refractivity contribution in [3.63, 3.8) is 0 Å². The van der Waals surface area contributed by atoms with Crippen molar-refractivity contribution in [2.75, 3.05) is 39.3 Å². The van der Waals surface area contributed by atoms with Crippen LogP contribution in [0.5, 0.6) is 0 Å². The number of fused-ring (bicyclic) bond motifs is 1. The smallest absolute Gasteiger partial charge is 0.272 e. The van der Waals surface area contributed by atoms with Crippen LogP contribution in [0.15, 0.2) is 47.3 Å². The normalized spacial score (nSPS) is 17.1. The van der Waals surface area contributed by atoms with E-state index >= 15 is 0 Å².